The summed E-state index contributed by atoms with van der Waals surface area (Å²) in [6.45, 7) is 0.703. The first kappa shape index (κ1) is 14.2. The molecule has 20 heavy (non-hydrogen) atoms. The second kappa shape index (κ2) is 6.31. The molecule has 1 aliphatic rings. The molecule has 3 heteroatoms. The largest absolute Gasteiger partial charge is 0.299 e. The molecular weight excluding hydrogens is 250 g/mol. The average molecular weight is 267 g/mol. The molecule has 1 aliphatic carbocycles. The normalized spacial score (nSPS) is 13.7. The van der Waals surface area contributed by atoms with Crippen molar-refractivity contribution in [3.8, 4) is 11.8 Å². The predicted molar refractivity (Wildman–Crippen MR) is 78.8 cm³/mol. The van der Waals surface area contributed by atoms with Gasteiger partial charge in [0.2, 0.25) is 0 Å². The fourth-order valence-electron chi connectivity index (χ4n) is 2.06. The van der Waals surface area contributed by atoms with Crippen molar-refractivity contribution in [2.45, 2.75) is 12.8 Å². The van der Waals surface area contributed by atoms with Crippen LogP contribution < -0.4 is 0 Å². The van der Waals surface area contributed by atoms with E-state index in [0.29, 0.717) is 36.1 Å². The highest BCUT2D eigenvalue weighted by Gasteiger charge is 2.24. The third kappa shape index (κ3) is 3.23. The molecule has 0 saturated heterocycles. The molecule has 0 amide bonds. The van der Waals surface area contributed by atoms with Gasteiger partial charge in [-0.25, -0.2) is 0 Å². The lowest BCUT2D eigenvalue weighted by atomic mass is 9.88. The molecule has 2 rings (SSSR count). The van der Waals surface area contributed by atoms with Gasteiger partial charge < -0.3 is 0 Å². The number of ketones is 2. The maximum Gasteiger partial charge on any atom is 0.189 e. The van der Waals surface area contributed by atoms with Gasteiger partial charge in [-0.1, -0.05) is 30.2 Å². The molecule has 0 unspecified atom stereocenters. The third-order valence-electron chi connectivity index (χ3n) is 3.07. The van der Waals surface area contributed by atoms with Crippen molar-refractivity contribution in [1.82, 2.24) is 4.90 Å². The Balaban J connectivity index is 2.05. The predicted octanol–water partition coefficient (Wildman–Crippen LogP) is 2.34. The highest BCUT2D eigenvalue weighted by Crippen LogP contribution is 2.23. The summed E-state index contributed by atoms with van der Waals surface area (Å²) < 4.78 is 0. The van der Waals surface area contributed by atoms with Gasteiger partial charge in [0.15, 0.2) is 11.6 Å². The molecule has 0 saturated carbocycles. The standard InChI is InChI=1S/C17H17NO2/c1-18(2)11-7-3-4-8-13-12-16(19)14-9-5-6-10-15(14)17(13)20/h5-6,9-10,12H,4,8,11H2,1-2H3. The van der Waals surface area contributed by atoms with Gasteiger partial charge in [0.05, 0.1) is 6.54 Å². The van der Waals surface area contributed by atoms with Crippen molar-refractivity contribution in [2.75, 3.05) is 20.6 Å². The summed E-state index contributed by atoms with van der Waals surface area (Å²) in [4.78, 5) is 26.2. The van der Waals surface area contributed by atoms with Crippen molar-refractivity contribution in [1.29, 1.82) is 0 Å². The molecule has 0 bridgehead atoms. The summed E-state index contributed by atoms with van der Waals surface area (Å²) in [5.41, 5.74) is 1.57. The molecule has 0 fully saturated rings. The minimum absolute atomic E-state index is 0.0467. The zero-order valence-corrected chi connectivity index (χ0v) is 11.8. The Morgan fingerprint density at radius 2 is 1.75 bits per heavy atom. The van der Waals surface area contributed by atoms with Gasteiger partial charge in [-0.2, -0.15) is 0 Å². The summed E-state index contributed by atoms with van der Waals surface area (Å²) in [7, 11) is 3.91. The van der Waals surface area contributed by atoms with Crippen LogP contribution in [0.5, 0.6) is 0 Å². The fourth-order valence-corrected chi connectivity index (χ4v) is 2.06. The SMILES string of the molecule is CN(C)CC#CCCC1=CC(=O)c2ccccc2C1=O. The summed E-state index contributed by atoms with van der Waals surface area (Å²) in [5, 5.41) is 0. The first-order valence-corrected chi connectivity index (χ1v) is 6.58. The molecule has 0 aliphatic heterocycles. The Morgan fingerprint density at radius 3 is 2.45 bits per heavy atom. The summed E-state index contributed by atoms with van der Waals surface area (Å²) in [6, 6.07) is 6.96. The molecule has 3 nitrogen and oxygen atoms in total. The number of nitrogens with zero attached hydrogens (tertiary/aromatic N) is 1. The summed E-state index contributed by atoms with van der Waals surface area (Å²) >= 11 is 0. The molecule has 0 atom stereocenters. The van der Waals surface area contributed by atoms with Crippen LogP contribution in [0.3, 0.4) is 0 Å². The Kier molecular flexibility index (Phi) is 4.49. The van der Waals surface area contributed by atoms with Crippen molar-refractivity contribution in [3.63, 3.8) is 0 Å². The molecule has 0 spiro atoms. The van der Waals surface area contributed by atoms with Gasteiger partial charge in [-0.3, -0.25) is 14.5 Å². The lowest BCUT2D eigenvalue weighted by molar-refractivity contribution is 0.0981. The van der Waals surface area contributed by atoms with E-state index in [1.165, 1.54) is 6.08 Å². The van der Waals surface area contributed by atoms with Gasteiger partial charge >= 0.3 is 0 Å². The monoisotopic (exact) mass is 267 g/mol. The molecule has 1 aromatic rings. The number of allylic oxidation sites excluding steroid dienone is 2. The first-order chi connectivity index (χ1) is 9.59. The zero-order valence-electron chi connectivity index (χ0n) is 11.8. The summed E-state index contributed by atoms with van der Waals surface area (Å²) in [6.07, 6.45) is 2.58. The lowest BCUT2D eigenvalue weighted by Gasteiger charge is -2.13. The molecule has 102 valence electrons. The highest BCUT2D eigenvalue weighted by atomic mass is 16.1. The number of carbonyl (C=O) groups excluding carboxylic acids is 2. The Morgan fingerprint density at radius 1 is 1.05 bits per heavy atom. The minimum Gasteiger partial charge on any atom is -0.299 e. The van der Waals surface area contributed by atoms with E-state index in [0.717, 1.165) is 0 Å². The molecule has 0 heterocycles. The van der Waals surface area contributed by atoms with E-state index in [4.69, 9.17) is 0 Å². The molecule has 0 N–H and O–H groups in total. The first-order valence-electron chi connectivity index (χ1n) is 6.58. The maximum absolute atomic E-state index is 12.3. The number of hydrogen-bond acceptors (Lipinski definition) is 3. The lowest BCUT2D eigenvalue weighted by Crippen LogP contribution is -2.16. The number of rotatable bonds is 3. The van der Waals surface area contributed by atoms with Crippen LogP contribution in [0.15, 0.2) is 35.9 Å². The smallest absolute Gasteiger partial charge is 0.189 e. The average Bonchev–Trinajstić information content (AvgIpc) is 2.43. The fraction of sp³-hybridized carbons (Fsp3) is 0.294. The van der Waals surface area contributed by atoms with Gasteiger partial charge in [0.25, 0.3) is 0 Å². The Hall–Kier alpha value is -2.18. The van der Waals surface area contributed by atoms with Crippen LogP contribution in [-0.4, -0.2) is 37.1 Å². The number of carbonyl (C=O) groups is 2. The van der Waals surface area contributed by atoms with E-state index in [1.54, 1.807) is 24.3 Å². The van der Waals surface area contributed by atoms with Crippen molar-refractivity contribution in [2.24, 2.45) is 0 Å². The van der Waals surface area contributed by atoms with E-state index >= 15 is 0 Å². The summed E-state index contributed by atoms with van der Waals surface area (Å²) in [5.74, 6) is 5.92. The molecule has 1 aromatic carbocycles. The van der Waals surface area contributed by atoms with E-state index in [1.807, 2.05) is 19.0 Å². The van der Waals surface area contributed by atoms with Crippen LogP contribution in [0.25, 0.3) is 0 Å². The number of hydrogen-bond donors (Lipinski definition) is 0. The topological polar surface area (TPSA) is 37.4 Å². The quantitative estimate of drug-likeness (QED) is 0.789. The van der Waals surface area contributed by atoms with Gasteiger partial charge in [-0.15, -0.1) is 5.92 Å². The second-order valence-electron chi connectivity index (χ2n) is 5.00. The van der Waals surface area contributed by atoms with Crippen LogP contribution in [-0.2, 0) is 0 Å². The number of Topliss-reactive ketones (excluding diaryl/α,β-unsaturated/α-hetero) is 1. The van der Waals surface area contributed by atoms with Crippen LogP contribution in [0, 0.1) is 11.8 Å². The van der Waals surface area contributed by atoms with E-state index < -0.39 is 0 Å². The van der Waals surface area contributed by atoms with Crippen LogP contribution in [0.2, 0.25) is 0 Å². The van der Waals surface area contributed by atoms with E-state index in [2.05, 4.69) is 11.8 Å². The van der Waals surface area contributed by atoms with Gasteiger partial charge in [-0.05, 0) is 26.6 Å². The Bertz CT molecular complexity index is 630. The van der Waals surface area contributed by atoms with Crippen molar-refractivity contribution < 1.29 is 9.59 Å². The van der Waals surface area contributed by atoms with E-state index in [9.17, 15) is 9.59 Å². The van der Waals surface area contributed by atoms with Crippen LogP contribution in [0.1, 0.15) is 33.6 Å². The van der Waals surface area contributed by atoms with Crippen LogP contribution in [0.4, 0.5) is 0 Å². The third-order valence-corrected chi connectivity index (χ3v) is 3.07. The van der Waals surface area contributed by atoms with Gasteiger partial charge in [0, 0.05) is 23.1 Å². The van der Waals surface area contributed by atoms with Crippen molar-refractivity contribution in [3.05, 3.63) is 47.0 Å². The van der Waals surface area contributed by atoms with Crippen LogP contribution >= 0.6 is 0 Å². The van der Waals surface area contributed by atoms with E-state index in [-0.39, 0.29) is 11.6 Å². The Labute approximate surface area is 119 Å². The number of benzene rings is 1. The molecule has 0 radical (unpaired) electrons. The van der Waals surface area contributed by atoms with Crippen molar-refractivity contribution >= 4 is 11.6 Å². The number of fused-ring (bicyclic) bond motifs is 1. The second-order valence-corrected chi connectivity index (χ2v) is 5.00. The minimum atomic E-state index is -0.0866. The molecular formula is C17H17NO2. The highest BCUT2D eigenvalue weighted by molar-refractivity contribution is 6.24. The van der Waals surface area contributed by atoms with Gasteiger partial charge in [0.1, 0.15) is 0 Å². The maximum atomic E-state index is 12.3. The molecule has 0 aromatic heterocycles. The zero-order chi connectivity index (χ0) is 14.5.